The molecule has 0 saturated carbocycles. The van der Waals surface area contributed by atoms with E-state index in [1.54, 1.807) is 18.5 Å². The highest BCUT2D eigenvalue weighted by molar-refractivity contribution is 6.05. The molecule has 1 aromatic heterocycles. The second kappa shape index (κ2) is 5.88. The third-order valence-corrected chi connectivity index (χ3v) is 3.91. The zero-order valence-electron chi connectivity index (χ0n) is 13.0. The van der Waals surface area contributed by atoms with Crippen molar-refractivity contribution in [3.63, 3.8) is 0 Å². The van der Waals surface area contributed by atoms with Gasteiger partial charge in [0.15, 0.2) is 0 Å². The molecule has 0 aliphatic carbocycles. The van der Waals surface area contributed by atoms with E-state index in [1.807, 2.05) is 6.07 Å². The van der Waals surface area contributed by atoms with Crippen LogP contribution in [-0.4, -0.2) is 48.2 Å². The monoisotopic (exact) mass is 300 g/mol. The van der Waals surface area contributed by atoms with Crippen LogP contribution in [0.5, 0.6) is 0 Å². The number of ether oxygens (including phenoxy) is 1. The van der Waals surface area contributed by atoms with Gasteiger partial charge < -0.3 is 15.0 Å². The number of piperazine rings is 1. The van der Waals surface area contributed by atoms with Gasteiger partial charge >= 0.3 is 5.97 Å². The van der Waals surface area contributed by atoms with Crippen molar-refractivity contribution >= 4 is 22.7 Å². The molecule has 6 nitrogen and oxygen atoms in total. The predicted octanol–water partition coefficient (Wildman–Crippen LogP) is 1.60. The van der Waals surface area contributed by atoms with Crippen molar-refractivity contribution in [3.8, 4) is 0 Å². The molecule has 1 fully saturated rings. The van der Waals surface area contributed by atoms with Crippen LogP contribution in [0.2, 0.25) is 0 Å². The molecule has 1 N–H and O–H groups in total. The van der Waals surface area contributed by atoms with Crippen LogP contribution in [0.25, 0.3) is 11.0 Å². The number of aromatic nitrogens is 2. The van der Waals surface area contributed by atoms with Crippen LogP contribution in [0.3, 0.4) is 0 Å². The fourth-order valence-corrected chi connectivity index (χ4v) is 3.10. The number of carbonyl (C=O) groups is 1. The van der Waals surface area contributed by atoms with E-state index in [4.69, 9.17) is 4.74 Å². The van der Waals surface area contributed by atoms with Gasteiger partial charge in [-0.25, -0.2) is 4.79 Å². The summed E-state index contributed by atoms with van der Waals surface area (Å²) in [7, 11) is 1.37. The summed E-state index contributed by atoms with van der Waals surface area (Å²) in [5.41, 5.74) is 2.79. The summed E-state index contributed by atoms with van der Waals surface area (Å²) in [5.74, 6) is -0.390. The number of nitrogens with one attached hydrogen (secondary N) is 1. The summed E-state index contributed by atoms with van der Waals surface area (Å²) in [4.78, 5) is 23.0. The molecule has 6 heteroatoms. The molecule has 116 valence electrons. The molecule has 22 heavy (non-hydrogen) atoms. The van der Waals surface area contributed by atoms with Crippen LogP contribution in [0.4, 0.5) is 5.69 Å². The second-order valence-corrected chi connectivity index (χ2v) is 5.75. The largest absolute Gasteiger partial charge is 0.465 e. The molecule has 0 spiro atoms. The molecule has 3 rings (SSSR count). The molecule has 2 atom stereocenters. The first-order chi connectivity index (χ1) is 10.6. The fourth-order valence-electron chi connectivity index (χ4n) is 3.10. The number of carbonyl (C=O) groups excluding carboxylic acids is 1. The van der Waals surface area contributed by atoms with Gasteiger partial charge in [-0.15, -0.1) is 0 Å². The van der Waals surface area contributed by atoms with Crippen LogP contribution in [0, 0.1) is 0 Å². The molecule has 0 radical (unpaired) electrons. The summed E-state index contributed by atoms with van der Waals surface area (Å²) in [6.45, 7) is 6.12. The van der Waals surface area contributed by atoms with Crippen LogP contribution < -0.4 is 10.2 Å². The molecule has 0 amide bonds. The average molecular weight is 300 g/mol. The van der Waals surface area contributed by atoms with Gasteiger partial charge in [0.2, 0.25) is 0 Å². The van der Waals surface area contributed by atoms with Crippen molar-refractivity contribution in [2.24, 2.45) is 0 Å². The van der Waals surface area contributed by atoms with Crippen molar-refractivity contribution in [2.75, 3.05) is 25.1 Å². The minimum atomic E-state index is -0.390. The summed E-state index contributed by atoms with van der Waals surface area (Å²) >= 11 is 0. The molecule has 2 heterocycles. The number of hydrogen-bond donors (Lipinski definition) is 1. The van der Waals surface area contributed by atoms with Crippen molar-refractivity contribution in [3.05, 3.63) is 30.1 Å². The molecule has 2 aromatic rings. The average Bonchev–Trinajstić information content (AvgIpc) is 2.52. The zero-order chi connectivity index (χ0) is 15.7. The van der Waals surface area contributed by atoms with E-state index in [1.165, 1.54) is 7.11 Å². The van der Waals surface area contributed by atoms with Gasteiger partial charge in [0.1, 0.15) is 11.0 Å². The van der Waals surface area contributed by atoms with Gasteiger partial charge in [0, 0.05) is 37.6 Å². The summed E-state index contributed by atoms with van der Waals surface area (Å²) in [6.07, 6.45) is 3.25. The lowest BCUT2D eigenvalue weighted by molar-refractivity contribution is 0.0602. The normalized spacial score (nSPS) is 21.9. The van der Waals surface area contributed by atoms with E-state index >= 15 is 0 Å². The lowest BCUT2D eigenvalue weighted by atomic mass is 10.1. The number of fused-ring (bicyclic) bond motifs is 1. The summed E-state index contributed by atoms with van der Waals surface area (Å²) in [6, 6.07) is 4.51. The quantitative estimate of drug-likeness (QED) is 0.850. The summed E-state index contributed by atoms with van der Waals surface area (Å²) < 4.78 is 4.83. The first kappa shape index (κ1) is 14.7. The van der Waals surface area contributed by atoms with Gasteiger partial charge in [-0.1, -0.05) is 0 Å². The molecule has 1 unspecified atom stereocenters. The Morgan fingerprint density at radius 1 is 1.18 bits per heavy atom. The Hall–Kier alpha value is -2.21. The van der Waals surface area contributed by atoms with Crippen LogP contribution in [0.15, 0.2) is 24.5 Å². The topological polar surface area (TPSA) is 67.3 Å². The van der Waals surface area contributed by atoms with Gasteiger partial charge in [-0.05, 0) is 26.0 Å². The molecular weight excluding hydrogens is 280 g/mol. The lowest BCUT2D eigenvalue weighted by Gasteiger charge is -2.37. The van der Waals surface area contributed by atoms with Gasteiger partial charge in [0.25, 0.3) is 0 Å². The molecule has 1 saturated heterocycles. The first-order valence-corrected chi connectivity index (χ1v) is 7.43. The van der Waals surface area contributed by atoms with E-state index in [0.717, 1.165) is 24.3 Å². The number of hydrogen-bond acceptors (Lipinski definition) is 6. The number of nitrogens with zero attached hydrogens (tertiary/aromatic N) is 3. The Labute approximate surface area is 129 Å². The number of anilines is 1. The zero-order valence-corrected chi connectivity index (χ0v) is 13.0. The Bertz CT molecular complexity index is 694. The minimum absolute atomic E-state index is 0.390. The van der Waals surface area contributed by atoms with Crippen LogP contribution in [0.1, 0.15) is 24.2 Å². The van der Waals surface area contributed by atoms with E-state index < -0.39 is 0 Å². The summed E-state index contributed by atoms with van der Waals surface area (Å²) in [5, 5.41) is 3.51. The predicted molar refractivity (Wildman–Crippen MR) is 85.2 cm³/mol. The van der Waals surface area contributed by atoms with Gasteiger partial charge in [-0.3, -0.25) is 9.97 Å². The molecule has 1 aromatic carbocycles. The molecule has 1 aliphatic rings. The molecule has 1 aliphatic heterocycles. The highest BCUT2D eigenvalue weighted by Crippen LogP contribution is 2.28. The minimum Gasteiger partial charge on any atom is -0.465 e. The van der Waals surface area contributed by atoms with Crippen molar-refractivity contribution in [2.45, 2.75) is 25.9 Å². The molecule has 0 bridgehead atoms. The Morgan fingerprint density at radius 2 is 1.82 bits per heavy atom. The van der Waals surface area contributed by atoms with Crippen molar-refractivity contribution < 1.29 is 9.53 Å². The maximum atomic E-state index is 11.9. The Kier molecular flexibility index (Phi) is 3.94. The Balaban J connectivity index is 2.10. The number of esters is 1. The number of rotatable bonds is 2. The van der Waals surface area contributed by atoms with Crippen molar-refractivity contribution in [1.82, 2.24) is 15.3 Å². The highest BCUT2D eigenvalue weighted by atomic mass is 16.5. The third kappa shape index (κ3) is 2.62. The third-order valence-electron chi connectivity index (χ3n) is 3.91. The molecular formula is C16H20N4O2. The fraction of sp³-hybridized carbons (Fsp3) is 0.438. The van der Waals surface area contributed by atoms with Crippen LogP contribution >= 0.6 is 0 Å². The Morgan fingerprint density at radius 3 is 2.45 bits per heavy atom. The lowest BCUT2D eigenvalue weighted by Crippen LogP contribution is -2.54. The second-order valence-electron chi connectivity index (χ2n) is 5.75. The van der Waals surface area contributed by atoms with Gasteiger partial charge in [-0.2, -0.15) is 0 Å². The highest BCUT2D eigenvalue weighted by Gasteiger charge is 2.24. The van der Waals surface area contributed by atoms with Crippen molar-refractivity contribution in [1.29, 1.82) is 0 Å². The van der Waals surface area contributed by atoms with E-state index in [9.17, 15) is 4.79 Å². The number of benzene rings is 1. The SMILES string of the molecule is COC(=O)c1ccc(N2CC(C)N[C@@H](C)C2)c2nccnc12. The number of methoxy groups -OCH3 is 1. The maximum absolute atomic E-state index is 11.9. The smallest absolute Gasteiger partial charge is 0.340 e. The maximum Gasteiger partial charge on any atom is 0.340 e. The van der Waals surface area contributed by atoms with E-state index in [2.05, 4.69) is 34.0 Å². The van der Waals surface area contributed by atoms with E-state index in [0.29, 0.717) is 23.2 Å². The first-order valence-electron chi connectivity index (χ1n) is 7.43. The van der Waals surface area contributed by atoms with Crippen LogP contribution in [-0.2, 0) is 4.74 Å². The standard InChI is InChI=1S/C16H20N4O2/c1-10-8-20(9-11(2)19-10)13-5-4-12(16(21)22-3)14-15(13)18-7-6-17-14/h4-7,10-11,19H,8-9H2,1-3H3/t10-,11?/m0/s1. The van der Waals surface area contributed by atoms with E-state index in [-0.39, 0.29) is 5.97 Å². The van der Waals surface area contributed by atoms with Gasteiger partial charge in [0.05, 0.1) is 18.4 Å².